The van der Waals surface area contributed by atoms with Crippen molar-refractivity contribution < 1.29 is 0 Å². The minimum absolute atomic E-state index is 0.293. The Morgan fingerprint density at radius 3 is 3.00 bits per heavy atom. The summed E-state index contributed by atoms with van der Waals surface area (Å²) in [6.07, 6.45) is 5.15. The van der Waals surface area contributed by atoms with Crippen LogP contribution in [0, 0.1) is 5.92 Å². The quantitative estimate of drug-likeness (QED) is 0.715. The lowest BCUT2D eigenvalue weighted by atomic mass is 10.1. The van der Waals surface area contributed by atoms with Crippen molar-refractivity contribution in [2.24, 2.45) is 11.7 Å². The van der Waals surface area contributed by atoms with Crippen molar-refractivity contribution in [2.45, 2.75) is 25.3 Å². The van der Waals surface area contributed by atoms with Crippen LogP contribution in [0.4, 0.5) is 0 Å². The van der Waals surface area contributed by atoms with Crippen molar-refractivity contribution in [3.63, 3.8) is 0 Å². The van der Waals surface area contributed by atoms with Gasteiger partial charge in [-0.25, -0.2) is 0 Å². The van der Waals surface area contributed by atoms with E-state index in [2.05, 4.69) is 10.2 Å². The van der Waals surface area contributed by atoms with E-state index in [4.69, 9.17) is 5.73 Å². The summed E-state index contributed by atoms with van der Waals surface area (Å²) in [5.41, 5.74) is 6.95. The minimum atomic E-state index is 0.293. The van der Waals surface area contributed by atoms with E-state index in [0.717, 1.165) is 18.0 Å². The van der Waals surface area contributed by atoms with Gasteiger partial charge < -0.3 is 5.73 Å². The SMILES string of the molecule is NC(Cc1cccnn1)C1CC1. The minimum Gasteiger partial charge on any atom is -0.327 e. The molecule has 1 fully saturated rings. The molecule has 2 N–H and O–H groups in total. The molecule has 1 aliphatic carbocycles. The normalized spacial score (nSPS) is 19.1. The number of aromatic nitrogens is 2. The van der Waals surface area contributed by atoms with E-state index in [0.29, 0.717) is 6.04 Å². The van der Waals surface area contributed by atoms with Crippen molar-refractivity contribution in [3.05, 3.63) is 24.0 Å². The average molecular weight is 163 g/mol. The van der Waals surface area contributed by atoms with Gasteiger partial charge in [0.15, 0.2) is 0 Å². The van der Waals surface area contributed by atoms with Crippen LogP contribution in [0.1, 0.15) is 18.5 Å². The van der Waals surface area contributed by atoms with Gasteiger partial charge in [0.1, 0.15) is 0 Å². The van der Waals surface area contributed by atoms with E-state index in [1.807, 2.05) is 12.1 Å². The maximum atomic E-state index is 5.94. The molecular weight excluding hydrogens is 150 g/mol. The van der Waals surface area contributed by atoms with Crippen LogP contribution in [-0.4, -0.2) is 16.2 Å². The Balaban J connectivity index is 1.94. The van der Waals surface area contributed by atoms with Crippen molar-refractivity contribution in [1.82, 2.24) is 10.2 Å². The highest BCUT2D eigenvalue weighted by molar-refractivity contribution is 5.03. The Morgan fingerprint density at radius 1 is 1.58 bits per heavy atom. The van der Waals surface area contributed by atoms with Gasteiger partial charge in [-0.1, -0.05) is 0 Å². The van der Waals surface area contributed by atoms with Gasteiger partial charge in [-0.2, -0.15) is 10.2 Å². The molecule has 1 aromatic rings. The highest BCUT2D eigenvalue weighted by atomic mass is 15.1. The Bertz CT molecular complexity index is 243. The van der Waals surface area contributed by atoms with Gasteiger partial charge in [-0.3, -0.25) is 0 Å². The van der Waals surface area contributed by atoms with Gasteiger partial charge in [0.25, 0.3) is 0 Å². The molecule has 64 valence electrons. The molecule has 0 aliphatic heterocycles. The van der Waals surface area contributed by atoms with Crippen molar-refractivity contribution in [2.75, 3.05) is 0 Å². The third-order valence-corrected chi connectivity index (χ3v) is 2.30. The Labute approximate surface area is 72.0 Å². The highest BCUT2D eigenvalue weighted by Crippen LogP contribution is 2.32. The fraction of sp³-hybridized carbons (Fsp3) is 0.556. The van der Waals surface area contributed by atoms with Gasteiger partial charge >= 0.3 is 0 Å². The lowest BCUT2D eigenvalue weighted by Crippen LogP contribution is -2.25. The van der Waals surface area contributed by atoms with Crippen molar-refractivity contribution >= 4 is 0 Å². The lowest BCUT2D eigenvalue weighted by molar-refractivity contribution is 0.580. The molecule has 1 aromatic heterocycles. The number of nitrogens with two attached hydrogens (primary N) is 1. The van der Waals surface area contributed by atoms with E-state index >= 15 is 0 Å². The van der Waals surface area contributed by atoms with E-state index in [1.165, 1.54) is 12.8 Å². The smallest absolute Gasteiger partial charge is 0.0646 e. The number of rotatable bonds is 3. The fourth-order valence-electron chi connectivity index (χ4n) is 1.37. The van der Waals surface area contributed by atoms with Crippen LogP contribution in [0.2, 0.25) is 0 Å². The summed E-state index contributed by atoms with van der Waals surface area (Å²) in [6.45, 7) is 0. The molecule has 1 atom stereocenters. The highest BCUT2D eigenvalue weighted by Gasteiger charge is 2.28. The zero-order chi connectivity index (χ0) is 8.39. The molecule has 1 unspecified atom stereocenters. The van der Waals surface area contributed by atoms with Crippen molar-refractivity contribution in [3.8, 4) is 0 Å². The second kappa shape index (κ2) is 3.19. The Kier molecular flexibility index (Phi) is 2.04. The largest absolute Gasteiger partial charge is 0.327 e. The molecule has 0 saturated heterocycles. The van der Waals surface area contributed by atoms with Crippen LogP contribution in [0.15, 0.2) is 18.3 Å². The molecule has 0 radical (unpaired) electrons. The molecular formula is C9H13N3. The Morgan fingerprint density at radius 2 is 2.42 bits per heavy atom. The molecule has 0 aromatic carbocycles. The number of hydrogen-bond acceptors (Lipinski definition) is 3. The Hall–Kier alpha value is -0.960. The van der Waals surface area contributed by atoms with E-state index in [-0.39, 0.29) is 0 Å². The molecule has 2 rings (SSSR count). The molecule has 0 amide bonds. The fourth-order valence-corrected chi connectivity index (χ4v) is 1.37. The maximum absolute atomic E-state index is 5.94. The molecule has 0 spiro atoms. The summed E-state index contributed by atoms with van der Waals surface area (Å²) in [5.74, 6) is 0.743. The summed E-state index contributed by atoms with van der Waals surface area (Å²) >= 11 is 0. The van der Waals surface area contributed by atoms with Crippen molar-refractivity contribution in [1.29, 1.82) is 0 Å². The predicted molar refractivity (Wildman–Crippen MR) is 46.4 cm³/mol. The van der Waals surface area contributed by atoms with Crippen LogP contribution in [0.3, 0.4) is 0 Å². The molecule has 1 saturated carbocycles. The first-order chi connectivity index (χ1) is 5.86. The second-order valence-corrected chi connectivity index (χ2v) is 3.42. The third kappa shape index (κ3) is 1.80. The number of nitrogens with zero attached hydrogens (tertiary/aromatic N) is 2. The van der Waals surface area contributed by atoms with Gasteiger partial charge in [-0.15, -0.1) is 0 Å². The van der Waals surface area contributed by atoms with Gasteiger partial charge in [0.05, 0.1) is 5.69 Å². The topological polar surface area (TPSA) is 51.8 Å². The van der Waals surface area contributed by atoms with Crippen LogP contribution >= 0.6 is 0 Å². The summed E-state index contributed by atoms with van der Waals surface area (Å²) in [6, 6.07) is 4.18. The summed E-state index contributed by atoms with van der Waals surface area (Å²) in [5, 5.41) is 7.81. The molecule has 12 heavy (non-hydrogen) atoms. The van der Waals surface area contributed by atoms with E-state index < -0.39 is 0 Å². The standard InChI is InChI=1S/C9H13N3/c10-9(7-3-4-7)6-8-2-1-5-11-12-8/h1-2,5,7,9H,3-4,6,10H2. The molecule has 3 nitrogen and oxygen atoms in total. The van der Waals surface area contributed by atoms with Crippen LogP contribution < -0.4 is 5.73 Å². The molecule has 1 aliphatic rings. The monoisotopic (exact) mass is 163 g/mol. The summed E-state index contributed by atoms with van der Waals surface area (Å²) in [7, 11) is 0. The zero-order valence-electron chi connectivity index (χ0n) is 6.98. The zero-order valence-corrected chi connectivity index (χ0v) is 6.98. The van der Waals surface area contributed by atoms with Crippen LogP contribution in [0.5, 0.6) is 0 Å². The number of hydrogen-bond donors (Lipinski definition) is 1. The van der Waals surface area contributed by atoms with Gasteiger partial charge in [0.2, 0.25) is 0 Å². The van der Waals surface area contributed by atoms with E-state index in [9.17, 15) is 0 Å². The maximum Gasteiger partial charge on any atom is 0.0646 e. The third-order valence-electron chi connectivity index (χ3n) is 2.30. The lowest BCUT2D eigenvalue weighted by Gasteiger charge is -2.07. The first-order valence-electron chi connectivity index (χ1n) is 4.38. The molecule has 1 heterocycles. The second-order valence-electron chi connectivity index (χ2n) is 3.42. The molecule has 3 heteroatoms. The average Bonchev–Trinajstić information content (AvgIpc) is 2.88. The van der Waals surface area contributed by atoms with Gasteiger partial charge in [-0.05, 0) is 30.9 Å². The molecule has 0 bridgehead atoms. The first-order valence-corrected chi connectivity index (χ1v) is 4.38. The van der Waals surface area contributed by atoms with Crippen LogP contribution in [-0.2, 0) is 6.42 Å². The summed E-state index contributed by atoms with van der Waals surface area (Å²) in [4.78, 5) is 0. The summed E-state index contributed by atoms with van der Waals surface area (Å²) < 4.78 is 0. The predicted octanol–water partition coefficient (Wildman–Crippen LogP) is 0.756. The van der Waals surface area contributed by atoms with Gasteiger partial charge in [0, 0.05) is 18.7 Å². The van der Waals surface area contributed by atoms with E-state index in [1.54, 1.807) is 6.20 Å². The van der Waals surface area contributed by atoms with Crippen LogP contribution in [0.25, 0.3) is 0 Å². The first kappa shape index (κ1) is 7.68.